The minimum atomic E-state index is -1.32. The molecule has 6 fully saturated rings. The van der Waals surface area contributed by atoms with Gasteiger partial charge in [-0.15, -0.1) is 0 Å². The molecule has 12 nitrogen and oxygen atoms in total. The number of esters is 1. The lowest BCUT2D eigenvalue weighted by Crippen LogP contribution is -2.68. The number of carboxylic acids is 1. The van der Waals surface area contributed by atoms with E-state index in [4.69, 9.17) is 9.47 Å². The molecule has 0 bridgehead atoms. The number of carbonyl (C=O) groups excluding carboxylic acids is 5. The summed E-state index contributed by atoms with van der Waals surface area (Å²) in [6.07, 6.45) is 8.04. The summed E-state index contributed by atoms with van der Waals surface area (Å²) in [5, 5.41) is 16.1. The Morgan fingerprint density at radius 3 is 2.06 bits per heavy atom. The summed E-state index contributed by atoms with van der Waals surface area (Å²) in [5.41, 5.74) is -1.99. The molecule has 11 atom stereocenters. The van der Waals surface area contributed by atoms with E-state index in [2.05, 4.69) is 59.1 Å². The molecule has 3 N–H and O–H groups in total. The number of allylic oxidation sites excluding steroid dienone is 1. The van der Waals surface area contributed by atoms with Crippen LogP contribution in [-0.2, 0) is 33.4 Å². The number of aliphatic carboxylic acids is 1. The average Bonchev–Trinajstić information content (AvgIpc) is 3.75. The minimum Gasteiger partial charge on any atom is -0.481 e. The second-order valence-electron chi connectivity index (χ2n) is 25.0. The Bertz CT molecular complexity index is 1980. The Kier molecular flexibility index (Phi) is 11.6. The highest BCUT2D eigenvalue weighted by Gasteiger charge is 2.71. The molecular formula is C51H79N3O9. The van der Waals surface area contributed by atoms with E-state index >= 15 is 0 Å². The lowest BCUT2D eigenvalue weighted by Gasteiger charge is -2.72. The second-order valence-corrected chi connectivity index (χ2v) is 25.0. The lowest BCUT2D eigenvalue weighted by molar-refractivity contribution is -0.235. The van der Waals surface area contributed by atoms with Gasteiger partial charge in [0.15, 0.2) is 5.78 Å². The molecule has 0 aromatic carbocycles. The van der Waals surface area contributed by atoms with Gasteiger partial charge in [0, 0.05) is 18.4 Å². The van der Waals surface area contributed by atoms with Crippen molar-refractivity contribution >= 4 is 35.6 Å². The molecule has 1 aliphatic heterocycles. The maximum atomic E-state index is 14.6. The number of Topliss-reactive ketones (excluding diaryl/α,β-unsaturated/α-hetero) is 1. The van der Waals surface area contributed by atoms with E-state index in [1.165, 1.54) is 4.90 Å². The minimum absolute atomic E-state index is 0.00163. The third-order valence-electron chi connectivity index (χ3n) is 19.0. The molecule has 6 aliphatic carbocycles. The number of nitrogens with zero attached hydrogens (tertiary/aromatic N) is 1. The van der Waals surface area contributed by atoms with Gasteiger partial charge in [0.25, 0.3) is 0 Å². The normalized spacial score (nSPS) is 39.3. The molecule has 0 unspecified atom stereocenters. The van der Waals surface area contributed by atoms with Crippen LogP contribution in [0.2, 0.25) is 0 Å². The highest BCUT2D eigenvalue weighted by atomic mass is 16.6. The van der Waals surface area contributed by atoms with Crippen LogP contribution in [0.3, 0.4) is 0 Å². The third-order valence-corrected chi connectivity index (χ3v) is 19.0. The molecule has 0 spiro atoms. The van der Waals surface area contributed by atoms with Crippen LogP contribution in [0.4, 0.5) is 4.79 Å². The highest BCUT2D eigenvalue weighted by Crippen LogP contribution is 2.76. The maximum Gasteiger partial charge on any atom is 0.410 e. The predicted molar refractivity (Wildman–Crippen MR) is 239 cm³/mol. The average molecular weight is 878 g/mol. The standard InChI is InChI=1S/C51H79N3O9/c1-28(2)37-33(55)27-51(53-42(60)47(10,11)52-39(56)32-16-15-25-54(32)43(61)63-44(3,4)5)24-23-49(13)29(38(37)51)17-18-35-48(12)21-20-36(46(8,9)34(48)19-22-50(35,49)14)62-41(59)31-26-30(40(57)58)45(31,6)7/h28-32,34-36H,15-27H2,1-14H3,(H,52,56)(H,53,60)(H,57,58)/t29-,30+,31-,32+,34+,35-,36+,48+,49-,50-,51-/m1/s1. The van der Waals surface area contributed by atoms with Crippen LogP contribution in [-0.4, -0.2) is 81.0 Å². The first-order chi connectivity index (χ1) is 28.9. The van der Waals surface area contributed by atoms with Crippen molar-refractivity contribution in [2.75, 3.05) is 6.54 Å². The summed E-state index contributed by atoms with van der Waals surface area (Å²) >= 11 is 0. The van der Waals surface area contributed by atoms with Gasteiger partial charge in [0.2, 0.25) is 11.8 Å². The Morgan fingerprint density at radius 1 is 0.794 bits per heavy atom. The van der Waals surface area contributed by atoms with E-state index in [0.717, 1.165) is 56.1 Å². The molecule has 352 valence electrons. The molecule has 7 aliphatic rings. The first-order valence-corrected chi connectivity index (χ1v) is 24.2. The van der Waals surface area contributed by atoms with E-state index in [1.807, 2.05) is 13.8 Å². The van der Waals surface area contributed by atoms with Crippen molar-refractivity contribution in [1.82, 2.24) is 15.5 Å². The van der Waals surface area contributed by atoms with Crippen molar-refractivity contribution in [2.24, 2.45) is 62.6 Å². The van der Waals surface area contributed by atoms with Crippen molar-refractivity contribution < 1.29 is 43.3 Å². The fourth-order valence-electron chi connectivity index (χ4n) is 15.3. The van der Waals surface area contributed by atoms with Crippen LogP contribution < -0.4 is 10.6 Å². The third kappa shape index (κ3) is 7.36. The fraction of sp³-hybridized carbons (Fsp3) is 0.843. The number of ketones is 1. The number of carbonyl (C=O) groups is 6. The number of nitrogens with one attached hydrogen (secondary N) is 2. The molecule has 7 rings (SSSR count). The van der Waals surface area contributed by atoms with Gasteiger partial charge in [0.1, 0.15) is 23.3 Å². The quantitative estimate of drug-likeness (QED) is 0.202. The Hall–Kier alpha value is -3.44. The van der Waals surface area contributed by atoms with Gasteiger partial charge < -0.3 is 25.2 Å². The van der Waals surface area contributed by atoms with Gasteiger partial charge in [-0.1, -0.05) is 62.3 Å². The van der Waals surface area contributed by atoms with Crippen LogP contribution in [0.1, 0.15) is 174 Å². The number of amides is 3. The SMILES string of the molecule is CC(C)C1=C2[C@H]3CC[C@@H]4[C@@]5(C)CC[C@H](OC(=O)[C@H]6C[C@@H](C(=O)O)C6(C)C)C(C)(C)[C@@H]5CC[C@@]4(C)[C@]3(C)CC[C@@]2(NC(=O)C(C)(C)NC(=O)[C@@H]2CCCN2C(=O)OC(C)(C)C)CC1=O. The Morgan fingerprint density at radius 2 is 1.46 bits per heavy atom. The van der Waals surface area contributed by atoms with E-state index in [1.54, 1.807) is 34.6 Å². The van der Waals surface area contributed by atoms with Gasteiger partial charge >= 0.3 is 18.0 Å². The summed E-state index contributed by atoms with van der Waals surface area (Å²) in [7, 11) is 0. The van der Waals surface area contributed by atoms with Gasteiger partial charge in [0.05, 0.1) is 17.4 Å². The molecule has 5 saturated carbocycles. The Balaban J connectivity index is 1.11. The molecule has 0 aromatic rings. The summed E-state index contributed by atoms with van der Waals surface area (Å²) in [4.78, 5) is 82.7. The van der Waals surface area contributed by atoms with E-state index in [-0.39, 0.29) is 63.7 Å². The fourth-order valence-corrected chi connectivity index (χ4v) is 15.3. The van der Waals surface area contributed by atoms with Gasteiger partial charge in [-0.2, -0.15) is 0 Å². The first-order valence-electron chi connectivity index (χ1n) is 24.2. The number of fused-ring (bicyclic) bond motifs is 7. The van der Waals surface area contributed by atoms with Crippen molar-refractivity contribution in [3.05, 3.63) is 11.1 Å². The van der Waals surface area contributed by atoms with Gasteiger partial charge in [-0.3, -0.25) is 28.9 Å². The van der Waals surface area contributed by atoms with Crippen molar-refractivity contribution in [3.63, 3.8) is 0 Å². The zero-order valence-electron chi connectivity index (χ0n) is 41.0. The van der Waals surface area contributed by atoms with E-state index in [0.29, 0.717) is 44.1 Å². The van der Waals surface area contributed by atoms with Crippen LogP contribution in [0.25, 0.3) is 0 Å². The number of likely N-dealkylation sites (tertiary alicyclic amines) is 1. The van der Waals surface area contributed by atoms with Crippen LogP contribution >= 0.6 is 0 Å². The molecule has 63 heavy (non-hydrogen) atoms. The second kappa shape index (κ2) is 15.3. The number of ether oxygens (including phenoxy) is 2. The molecule has 0 radical (unpaired) electrons. The van der Waals surface area contributed by atoms with E-state index in [9.17, 15) is 33.9 Å². The zero-order valence-corrected chi connectivity index (χ0v) is 41.0. The van der Waals surface area contributed by atoms with Crippen molar-refractivity contribution in [3.8, 4) is 0 Å². The smallest absolute Gasteiger partial charge is 0.410 e. The molecule has 1 saturated heterocycles. The first kappa shape index (κ1) is 47.5. The summed E-state index contributed by atoms with van der Waals surface area (Å²) < 4.78 is 12.0. The molecule has 1 heterocycles. The van der Waals surface area contributed by atoms with Crippen molar-refractivity contribution in [2.45, 2.75) is 203 Å². The number of hydrogen-bond acceptors (Lipinski definition) is 8. The van der Waals surface area contributed by atoms with Crippen LogP contribution in [0.15, 0.2) is 11.1 Å². The molecular weight excluding hydrogens is 799 g/mol. The summed E-state index contributed by atoms with van der Waals surface area (Å²) in [5.74, 6) is -1.87. The van der Waals surface area contributed by atoms with Crippen molar-refractivity contribution in [1.29, 1.82) is 0 Å². The largest absolute Gasteiger partial charge is 0.481 e. The van der Waals surface area contributed by atoms with Gasteiger partial charge in [-0.25, -0.2) is 4.79 Å². The summed E-state index contributed by atoms with van der Waals surface area (Å²) in [6, 6.07) is -0.742. The van der Waals surface area contributed by atoms with Crippen LogP contribution in [0.5, 0.6) is 0 Å². The maximum absolute atomic E-state index is 14.6. The molecule has 0 aromatic heterocycles. The predicted octanol–water partition coefficient (Wildman–Crippen LogP) is 8.79. The highest BCUT2D eigenvalue weighted by molar-refractivity contribution is 6.03. The zero-order chi connectivity index (χ0) is 46.8. The number of hydrogen-bond donors (Lipinski definition) is 3. The Labute approximate surface area is 376 Å². The lowest BCUT2D eigenvalue weighted by atomic mass is 9.33. The topological polar surface area (TPSA) is 168 Å². The number of carboxylic acid groups (broad SMARTS) is 1. The van der Waals surface area contributed by atoms with Crippen LogP contribution in [0, 0.1) is 62.6 Å². The molecule has 3 amide bonds. The molecule has 12 heteroatoms. The monoisotopic (exact) mass is 878 g/mol. The van der Waals surface area contributed by atoms with Gasteiger partial charge in [-0.05, 0) is 162 Å². The van der Waals surface area contributed by atoms with E-state index < -0.39 is 57.9 Å². The summed E-state index contributed by atoms with van der Waals surface area (Å²) in [6.45, 7) is 29.2. The number of rotatable bonds is 8.